The Morgan fingerprint density at radius 3 is 1.71 bits per heavy atom. The van der Waals surface area contributed by atoms with Crippen LogP contribution in [0.25, 0.3) is 0 Å². The summed E-state index contributed by atoms with van der Waals surface area (Å²) >= 11 is 0. The summed E-state index contributed by atoms with van der Waals surface area (Å²) in [4.78, 5) is 2.47. The van der Waals surface area contributed by atoms with Crippen LogP contribution in [0.15, 0.2) is 30.3 Å². The van der Waals surface area contributed by atoms with Crippen molar-refractivity contribution in [1.29, 1.82) is 0 Å². The van der Waals surface area contributed by atoms with Gasteiger partial charge in [-0.1, -0.05) is 35.9 Å². The maximum absolute atomic E-state index is 9.75. The highest BCUT2D eigenvalue weighted by molar-refractivity contribution is 6.50. The molecule has 1 nitrogen and oxygen atoms in total. The molecule has 0 bridgehead atoms. The smallest absolute Gasteiger partial charge is 0.418 e. The number of rotatable bonds is 0. The van der Waals surface area contributed by atoms with E-state index in [0.29, 0.717) is 0 Å². The zero-order valence-electron chi connectivity index (χ0n) is 9.62. The van der Waals surface area contributed by atoms with Crippen molar-refractivity contribution >= 4 is 7.25 Å². The normalized spacial score (nSPS) is 24.1. The van der Waals surface area contributed by atoms with Crippen molar-refractivity contribution in [2.75, 3.05) is 13.1 Å². The zero-order chi connectivity index (χ0) is 12.9. The molecule has 1 aromatic rings. The van der Waals surface area contributed by atoms with Crippen molar-refractivity contribution in [3.63, 3.8) is 0 Å². The third-order valence-corrected chi connectivity index (χ3v) is 2.52. The van der Waals surface area contributed by atoms with Crippen LogP contribution in [0, 0.1) is 6.92 Å². The van der Waals surface area contributed by atoms with Crippen molar-refractivity contribution in [3.8, 4) is 0 Å². The molecule has 3 rings (SSSR count). The highest BCUT2D eigenvalue weighted by Crippen LogP contribution is 2.30. The molecule has 17 heavy (non-hydrogen) atoms. The van der Waals surface area contributed by atoms with Gasteiger partial charge in [-0.2, -0.15) is 0 Å². The maximum Gasteiger partial charge on any atom is 0.673 e. The Kier molecular flexibility index (Phi) is 4.99. The molecule has 2 aliphatic heterocycles. The summed E-state index contributed by atoms with van der Waals surface area (Å²) in [6, 6.07) is 11.3. The van der Waals surface area contributed by atoms with Gasteiger partial charge in [-0.15, -0.1) is 0 Å². The molecule has 0 N–H and O–H groups in total. The summed E-state index contributed by atoms with van der Waals surface area (Å²) in [6.45, 7) is 4.89. The van der Waals surface area contributed by atoms with Crippen molar-refractivity contribution < 1.29 is 17.3 Å². The second-order valence-electron chi connectivity index (χ2n) is 4.09. The van der Waals surface area contributed by atoms with Crippen LogP contribution in [0.3, 0.4) is 0 Å². The van der Waals surface area contributed by atoms with Crippen molar-refractivity contribution in [3.05, 3.63) is 35.9 Å². The van der Waals surface area contributed by atoms with Gasteiger partial charge >= 0.3 is 7.25 Å². The largest absolute Gasteiger partial charge is 0.673 e. The van der Waals surface area contributed by atoms with Gasteiger partial charge in [0.2, 0.25) is 0 Å². The average Bonchev–Trinajstić information content (AvgIpc) is 2.72. The number of benzene rings is 1. The minimum absolute atomic E-state index is 1.06. The Bertz CT molecular complexity index is 310. The van der Waals surface area contributed by atoms with E-state index in [-0.39, 0.29) is 0 Å². The molecule has 0 saturated carbocycles. The lowest BCUT2D eigenvalue weighted by molar-refractivity contribution is 0.368. The lowest BCUT2D eigenvalue weighted by Gasteiger charge is -2.08. The number of hydrogen-bond donors (Lipinski definition) is 0. The Morgan fingerprint density at radius 2 is 1.59 bits per heavy atom. The van der Waals surface area contributed by atoms with Gasteiger partial charge in [0.05, 0.1) is 0 Å². The average molecular weight is 248 g/mol. The highest BCUT2D eigenvalue weighted by Gasteiger charge is 2.41. The van der Waals surface area contributed by atoms with Gasteiger partial charge in [-0.25, -0.2) is 0 Å². The van der Waals surface area contributed by atoms with Gasteiger partial charge in [0, 0.05) is 19.1 Å². The van der Waals surface area contributed by atoms with Crippen LogP contribution in [-0.4, -0.2) is 31.3 Å². The number of hydrogen-bond acceptors (Lipinski definition) is 1. The molecule has 96 valence electrons. The molecule has 0 spiro atoms. The summed E-state index contributed by atoms with van der Waals surface area (Å²) in [5.41, 5.74) is 1.32. The molecule has 0 aliphatic carbocycles. The summed E-state index contributed by atoms with van der Waals surface area (Å²) in [7, 11) is -6.00. The quantitative estimate of drug-likeness (QED) is 0.386. The van der Waals surface area contributed by atoms with Crippen LogP contribution in [0.5, 0.6) is 0 Å². The van der Waals surface area contributed by atoms with Gasteiger partial charge in [-0.3, -0.25) is 4.90 Å². The van der Waals surface area contributed by atoms with E-state index in [2.05, 4.69) is 24.0 Å². The molecule has 6 heteroatoms. The first kappa shape index (κ1) is 14.0. The summed E-state index contributed by atoms with van der Waals surface area (Å²) in [5.74, 6) is 0. The molecule has 2 heterocycles. The second kappa shape index (κ2) is 6.05. The van der Waals surface area contributed by atoms with Gasteiger partial charge in [0.15, 0.2) is 0 Å². The van der Waals surface area contributed by atoms with Crippen LogP contribution in [0.1, 0.15) is 12.0 Å². The number of fused-ring (bicyclic) bond motifs is 1. The summed E-state index contributed by atoms with van der Waals surface area (Å²) in [5, 5.41) is 0. The molecular weight excluding hydrogens is 233 g/mol. The maximum atomic E-state index is 9.75. The van der Waals surface area contributed by atoms with Crippen LogP contribution < -0.4 is 0 Å². The number of halogens is 4. The van der Waals surface area contributed by atoms with Gasteiger partial charge < -0.3 is 17.3 Å². The highest BCUT2D eigenvalue weighted by atomic mass is 19.5. The van der Waals surface area contributed by atoms with Crippen molar-refractivity contribution in [1.82, 2.24) is 4.90 Å². The van der Waals surface area contributed by atoms with Crippen LogP contribution >= 0.6 is 0 Å². The third-order valence-electron chi connectivity index (χ3n) is 2.52. The van der Waals surface area contributed by atoms with E-state index in [1.807, 2.05) is 18.2 Å². The first-order valence-electron chi connectivity index (χ1n) is 5.49. The first-order valence-corrected chi connectivity index (χ1v) is 5.49. The van der Waals surface area contributed by atoms with E-state index in [1.54, 1.807) is 0 Å². The Hall–Kier alpha value is -1.04. The molecule has 0 radical (unpaired) electrons. The van der Waals surface area contributed by atoms with Crippen LogP contribution in [0.4, 0.5) is 17.3 Å². The lowest BCUT2D eigenvalue weighted by Crippen LogP contribution is -2.16. The topological polar surface area (TPSA) is 3.01 Å². The van der Waals surface area contributed by atoms with Gasteiger partial charge in [-0.05, 0) is 13.3 Å². The minimum atomic E-state index is -6.00. The number of nitrogens with zero attached hydrogens (tertiary/aromatic N) is 1. The fourth-order valence-corrected chi connectivity index (χ4v) is 1.43. The fourth-order valence-electron chi connectivity index (χ4n) is 1.43. The summed E-state index contributed by atoms with van der Waals surface area (Å²) < 4.78 is 39.0. The van der Waals surface area contributed by atoms with Crippen LogP contribution in [-0.2, 0) is 0 Å². The predicted molar refractivity (Wildman–Crippen MR) is 61.3 cm³/mol. The third kappa shape index (κ3) is 7.79. The lowest BCUT2D eigenvalue weighted by atomic mass is 10.2. The molecule has 1 aromatic carbocycles. The standard InChI is InChI=1S/C7H8.C4H7N.BF4/c1-7-5-3-2-4-6-7;1-2-5-3-4(1)5;2-1(3,4)5/h2-6H,1H3;4H,1-3H2;/q;;-1. The molecular formula is C11H15BF4N-. The predicted octanol–water partition coefficient (Wildman–Crippen LogP) is 3.37. The zero-order valence-corrected chi connectivity index (χ0v) is 9.62. The Balaban J connectivity index is 0.000000130. The second-order valence-corrected chi connectivity index (χ2v) is 4.09. The van der Waals surface area contributed by atoms with E-state index >= 15 is 0 Å². The van der Waals surface area contributed by atoms with Crippen LogP contribution in [0.2, 0.25) is 0 Å². The van der Waals surface area contributed by atoms with Gasteiger partial charge in [0.1, 0.15) is 0 Å². The molecule has 0 aromatic heterocycles. The van der Waals surface area contributed by atoms with E-state index in [4.69, 9.17) is 0 Å². The summed E-state index contributed by atoms with van der Waals surface area (Å²) in [6.07, 6.45) is 1.49. The molecule has 2 aliphatic rings. The van der Waals surface area contributed by atoms with E-state index in [1.165, 1.54) is 25.1 Å². The van der Waals surface area contributed by atoms with Crippen molar-refractivity contribution in [2.45, 2.75) is 19.4 Å². The molecule has 2 saturated heterocycles. The fraction of sp³-hybridized carbons (Fsp3) is 0.455. The molecule has 0 amide bonds. The van der Waals surface area contributed by atoms with Gasteiger partial charge in [0.25, 0.3) is 0 Å². The monoisotopic (exact) mass is 248 g/mol. The van der Waals surface area contributed by atoms with E-state index in [0.717, 1.165) is 6.04 Å². The molecule has 2 unspecified atom stereocenters. The first-order chi connectivity index (χ1) is 7.86. The van der Waals surface area contributed by atoms with E-state index in [9.17, 15) is 17.3 Å². The minimum Gasteiger partial charge on any atom is -0.418 e. The molecule has 2 fully saturated rings. The Labute approximate surface area is 98.5 Å². The SMILES string of the molecule is C1CN2CC12.Cc1ccccc1.F[B-](F)(F)F. The Morgan fingerprint density at radius 1 is 1.12 bits per heavy atom. The number of aryl methyl sites for hydroxylation is 1. The van der Waals surface area contributed by atoms with E-state index < -0.39 is 7.25 Å². The molecule has 2 atom stereocenters. The van der Waals surface area contributed by atoms with Crippen molar-refractivity contribution in [2.24, 2.45) is 0 Å².